The summed E-state index contributed by atoms with van der Waals surface area (Å²) in [5, 5.41) is 9.60. The van der Waals surface area contributed by atoms with Gasteiger partial charge in [-0.2, -0.15) is 0 Å². The number of likely N-dealkylation sites (tertiary alicyclic amines) is 1. The minimum atomic E-state index is -0.843. The number of aromatic nitrogens is 2. The van der Waals surface area contributed by atoms with Gasteiger partial charge in [0.15, 0.2) is 0 Å². The first kappa shape index (κ1) is 15.0. The minimum absolute atomic E-state index is 0.0208. The molecular weight excluding hydrogens is 278 g/mol. The largest absolute Gasteiger partial charge is 0.465 e. The maximum atomic E-state index is 11.4. The summed E-state index contributed by atoms with van der Waals surface area (Å²) in [4.78, 5) is 21.1. The fourth-order valence-corrected chi connectivity index (χ4v) is 3.01. The molecule has 1 amide bonds. The van der Waals surface area contributed by atoms with Gasteiger partial charge in [-0.15, -0.1) is 0 Å². The van der Waals surface area contributed by atoms with Crippen molar-refractivity contribution in [3.63, 3.8) is 0 Å². The third-order valence-corrected chi connectivity index (χ3v) is 4.10. The average Bonchev–Trinajstić information content (AvgIpc) is 2.37. The molecule has 20 heavy (non-hydrogen) atoms. The van der Waals surface area contributed by atoms with Crippen molar-refractivity contribution >= 4 is 17.7 Å². The number of nitrogens with zero attached hydrogens (tertiary/aromatic N) is 3. The molecule has 2 rings (SSSR count). The number of amides is 1. The maximum absolute atomic E-state index is 11.4. The summed E-state index contributed by atoms with van der Waals surface area (Å²) in [5.74, 6) is 0.232. The number of halogens is 1. The Bertz CT molecular complexity index is 501. The van der Waals surface area contributed by atoms with E-state index in [9.17, 15) is 9.90 Å². The van der Waals surface area contributed by atoms with Gasteiger partial charge in [-0.25, -0.2) is 14.8 Å². The van der Waals surface area contributed by atoms with Crippen LogP contribution in [-0.4, -0.2) is 38.7 Å². The number of carboxylic acid groups (broad SMARTS) is 1. The van der Waals surface area contributed by atoms with Crippen LogP contribution in [0.15, 0.2) is 12.3 Å². The molecule has 6 heteroatoms. The van der Waals surface area contributed by atoms with E-state index >= 15 is 0 Å². The van der Waals surface area contributed by atoms with Gasteiger partial charge in [-0.3, -0.25) is 0 Å². The zero-order valence-electron chi connectivity index (χ0n) is 12.0. The zero-order valence-corrected chi connectivity index (χ0v) is 12.8. The Hall–Kier alpha value is -1.36. The molecule has 1 aromatic heterocycles. The lowest BCUT2D eigenvalue weighted by Crippen LogP contribution is -2.51. The van der Waals surface area contributed by atoms with E-state index in [-0.39, 0.29) is 22.7 Å². The minimum Gasteiger partial charge on any atom is -0.465 e. The van der Waals surface area contributed by atoms with Crippen LogP contribution in [0, 0.1) is 5.41 Å². The summed E-state index contributed by atoms with van der Waals surface area (Å²) in [6.45, 7) is 6.75. The van der Waals surface area contributed by atoms with E-state index in [1.807, 2.05) is 6.07 Å². The first-order valence-electron chi connectivity index (χ1n) is 6.77. The van der Waals surface area contributed by atoms with E-state index in [2.05, 4.69) is 30.7 Å². The van der Waals surface area contributed by atoms with E-state index in [0.717, 1.165) is 18.5 Å². The molecule has 1 N–H and O–H groups in total. The topological polar surface area (TPSA) is 66.3 Å². The first-order valence-corrected chi connectivity index (χ1v) is 7.15. The summed E-state index contributed by atoms with van der Waals surface area (Å²) < 4.78 is 0. The molecule has 0 bridgehead atoms. The lowest BCUT2D eigenvalue weighted by atomic mass is 9.76. The Kier molecular flexibility index (Phi) is 4.18. The molecule has 1 fully saturated rings. The molecule has 0 aliphatic carbocycles. The molecule has 1 aromatic rings. The van der Waals surface area contributed by atoms with Gasteiger partial charge in [0, 0.05) is 30.4 Å². The van der Waals surface area contributed by atoms with Crippen LogP contribution in [-0.2, 0) is 0 Å². The van der Waals surface area contributed by atoms with Crippen LogP contribution in [0.25, 0.3) is 0 Å². The van der Waals surface area contributed by atoms with Gasteiger partial charge in [0.2, 0.25) is 5.28 Å². The number of rotatable bonds is 1. The summed E-state index contributed by atoms with van der Waals surface area (Å²) in [6, 6.07) is 1.85. The van der Waals surface area contributed by atoms with Crippen LogP contribution in [0.5, 0.6) is 0 Å². The average molecular weight is 298 g/mol. The second-order valence-electron chi connectivity index (χ2n) is 6.33. The molecule has 1 saturated heterocycles. The number of carbonyl (C=O) groups is 1. The second-order valence-corrected chi connectivity index (χ2v) is 6.67. The Balaban J connectivity index is 2.23. The highest BCUT2D eigenvalue weighted by molar-refractivity contribution is 6.28. The van der Waals surface area contributed by atoms with Crippen LogP contribution < -0.4 is 0 Å². The summed E-state index contributed by atoms with van der Waals surface area (Å²) >= 11 is 5.84. The molecule has 2 atom stereocenters. The van der Waals surface area contributed by atoms with E-state index < -0.39 is 6.09 Å². The monoisotopic (exact) mass is 297 g/mol. The number of hydrogen-bond donors (Lipinski definition) is 1. The number of hydrogen-bond acceptors (Lipinski definition) is 3. The molecule has 2 heterocycles. The lowest BCUT2D eigenvalue weighted by Gasteiger charge is -2.44. The highest BCUT2D eigenvalue weighted by Crippen LogP contribution is 2.38. The molecule has 1 aliphatic heterocycles. The van der Waals surface area contributed by atoms with Crippen molar-refractivity contribution in [2.45, 2.75) is 45.6 Å². The third kappa shape index (κ3) is 3.20. The Morgan fingerprint density at radius 1 is 1.50 bits per heavy atom. The lowest BCUT2D eigenvalue weighted by molar-refractivity contribution is 0.0521. The highest BCUT2D eigenvalue weighted by atomic mass is 35.5. The van der Waals surface area contributed by atoms with Crippen molar-refractivity contribution in [2.24, 2.45) is 5.41 Å². The van der Waals surface area contributed by atoms with Crippen molar-refractivity contribution in [1.82, 2.24) is 14.9 Å². The van der Waals surface area contributed by atoms with Gasteiger partial charge < -0.3 is 10.0 Å². The molecule has 0 aromatic carbocycles. The smallest absolute Gasteiger partial charge is 0.407 e. The molecule has 0 saturated carbocycles. The van der Waals surface area contributed by atoms with Crippen molar-refractivity contribution in [1.29, 1.82) is 0 Å². The molecule has 5 nitrogen and oxygen atoms in total. The second kappa shape index (κ2) is 5.56. The maximum Gasteiger partial charge on any atom is 0.407 e. The summed E-state index contributed by atoms with van der Waals surface area (Å²) in [5.41, 5.74) is 0.803. The van der Waals surface area contributed by atoms with Crippen LogP contribution in [0.3, 0.4) is 0 Å². The van der Waals surface area contributed by atoms with Crippen LogP contribution in [0.1, 0.15) is 45.2 Å². The molecule has 2 unspecified atom stereocenters. The normalized spacial score (nSPS) is 23.7. The van der Waals surface area contributed by atoms with Crippen molar-refractivity contribution in [2.75, 3.05) is 6.54 Å². The van der Waals surface area contributed by atoms with Gasteiger partial charge in [-0.05, 0) is 35.9 Å². The molecule has 1 aliphatic rings. The molecule has 110 valence electrons. The van der Waals surface area contributed by atoms with E-state index in [1.54, 1.807) is 11.1 Å². The van der Waals surface area contributed by atoms with Crippen LogP contribution in [0.4, 0.5) is 4.79 Å². The van der Waals surface area contributed by atoms with Crippen LogP contribution in [0.2, 0.25) is 5.28 Å². The Morgan fingerprint density at radius 2 is 2.20 bits per heavy atom. The predicted molar refractivity (Wildman–Crippen MR) is 77.0 cm³/mol. The third-order valence-electron chi connectivity index (χ3n) is 3.91. The molecule has 0 spiro atoms. The Labute approximate surface area is 124 Å². The molecular formula is C14H20ClN3O2. The van der Waals surface area contributed by atoms with Gasteiger partial charge in [0.25, 0.3) is 0 Å². The highest BCUT2D eigenvalue weighted by Gasteiger charge is 2.39. The first-order chi connectivity index (χ1) is 9.29. The Morgan fingerprint density at radius 3 is 2.75 bits per heavy atom. The van der Waals surface area contributed by atoms with Crippen molar-refractivity contribution in [3.8, 4) is 0 Å². The van der Waals surface area contributed by atoms with E-state index in [4.69, 9.17) is 11.6 Å². The quantitative estimate of drug-likeness (QED) is 0.807. The van der Waals surface area contributed by atoms with Gasteiger partial charge in [-0.1, -0.05) is 20.8 Å². The van der Waals surface area contributed by atoms with E-state index in [1.165, 1.54) is 0 Å². The number of piperidine rings is 1. The molecule has 0 radical (unpaired) electrons. The van der Waals surface area contributed by atoms with E-state index in [0.29, 0.717) is 6.54 Å². The standard InChI is InChI=1S/C14H20ClN3O2/c1-14(2,3)11-8-9(5-7-18(11)13(19)20)10-4-6-16-12(15)17-10/h4,6,9,11H,5,7-8H2,1-3H3,(H,19,20). The van der Waals surface area contributed by atoms with Gasteiger partial charge in [0.1, 0.15) is 0 Å². The predicted octanol–water partition coefficient (Wildman–Crippen LogP) is 3.40. The summed E-state index contributed by atoms with van der Waals surface area (Å²) in [7, 11) is 0. The fourth-order valence-electron chi connectivity index (χ4n) is 2.86. The van der Waals surface area contributed by atoms with Crippen molar-refractivity contribution in [3.05, 3.63) is 23.2 Å². The summed E-state index contributed by atoms with van der Waals surface area (Å²) in [6.07, 6.45) is 2.35. The SMILES string of the molecule is CC(C)(C)C1CC(c2ccnc(Cl)n2)CCN1C(=O)O. The van der Waals surface area contributed by atoms with Gasteiger partial charge >= 0.3 is 6.09 Å². The van der Waals surface area contributed by atoms with Crippen LogP contribution >= 0.6 is 11.6 Å². The fraction of sp³-hybridized carbons (Fsp3) is 0.643. The van der Waals surface area contributed by atoms with Gasteiger partial charge in [0.05, 0.1) is 0 Å². The van der Waals surface area contributed by atoms with Crippen molar-refractivity contribution < 1.29 is 9.90 Å². The zero-order chi connectivity index (χ0) is 14.9.